The van der Waals surface area contributed by atoms with E-state index in [9.17, 15) is 13.2 Å². The van der Waals surface area contributed by atoms with Gasteiger partial charge >= 0.3 is 0 Å². The first-order chi connectivity index (χ1) is 12.8. The highest BCUT2D eigenvalue weighted by atomic mass is 127. The van der Waals surface area contributed by atoms with Crippen LogP contribution in [0.15, 0.2) is 66.9 Å². The molecule has 1 heterocycles. The number of amides is 1. The third-order valence-corrected chi connectivity index (χ3v) is 5.58. The summed E-state index contributed by atoms with van der Waals surface area (Å²) in [7, 11) is -3.16. The Labute approximate surface area is 171 Å². The molecule has 0 bridgehead atoms. The van der Waals surface area contributed by atoms with Crippen molar-refractivity contribution >= 4 is 44.0 Å². The second kappa shape index (κ2) is 8.18. The van der Waals surface area contributed by atoms with Crippen LogP contribution in [0.1, 0.15) is 15.9 Å². The average Bonchev–Trinajstić information content (AvgIpc) is 2.63. The summed E-state index contributed by atoms with van der Waals surface area (Å²) in [4.78, 5) is 16.9. The number of nitrogens with one attached hydrogen (secondary N) is 1. The molecular weight excluding hydrogens is 475 g/mol. The summed E-state index contributed by atoms with van der Waals surface area (Å²) in [6.45, 7) is 0. The summed E-state index contributed by atoms with van der Waals surface area (Å²) >= 11 is 2.23. The molecule has 0 saturated carbocycles. The minimum absolute atomic E-state index is 0.0958. The molecule has 1 amide bonds. The van der Waals surface area contributed by atoms with Crippen LogP contribution in [0.4, 0.5) is 5.69 Å². The molecule has 0 saturated heterocycles. The summed E-state index contributed by atoms with van der Waals surface area (Å²) < 4.78 is 24.0. The van der Waals surface area contributed by atoms with Gasteiger partial charge in [0.1, 0.15) is 0 Å². The second-order valence-electron chi connectivity index (χ2n) is 6.13. The maximum atomic E-state index is 12.6. The number of nitrogens with zero attached hydrogens (tertiary/aromatic N) is 1. The molecule has 1 aromatic heterocycles. The number of carbonyl (C=O) groups is 1. The van der Waals surface area contributed by atoms with Gasteiger partial charge in [0.25, 0.3) is 5.91 Å². The van der Waals surface area contributed by atoms with Crippen molar-refractivity contribution in [1.29, 1.82) is 0 Å². The monoisotopic (exact) mass is 492 g/mol. The quantitative estimate of drug-likeness (QED) is 0.544. The van der Waals surface area contributed by atoms with E-state index < -0.39 is 9.84 Å². The molecule has 27 heavy (non-hydrogen) atoms. The third-order valence-electron chi connectivity index (χ3n) is 3.78. The molecule has 3 rings (SSSR count). The number of hydrogen-bond acceptors (Lipinski definition) is 4. The van der Waals surface area contributed by atoms with E-state index in [-0.39, 0.29) is 11.7 Å². The molecule has 0 spiro atoms. The fourth-order valence-electron chi connectivity index (χ4n) is 2.63. The van der Waals surface area contributed by atoms with Gasteiger partial charge in [-0.2, -0.15) is 0 Å². The lowest BCUT2D eigenvalue weighted by atomic mass is 10.1. The highest BCUT2D eigenvalue weighted by Crippen LogP contribution is 2.27. The van der Waals surface area contributed by atoms with Crippen LogP contribution in [0, 0.1) is 3.57 Å². The number of sulfone groups is 1. The number of rotatable bonds is 5. The van der Waals surface area contributed by atoms with Gasteiger partial charge in [0, 0.05) is 32.8 Å². The Morgan fingerprint density at radius 2 is 1.89 bits per heavy atom. The number of anilines is 1. The predicted molar refractivity (Wildman–Crippen MR) is 115 cm³/mol. The lowest BCUT2D eigenvalue weighted by molar-refractivity contribution is 0.102. The molecule has 2 aromatic carbocycles. The van der Waals surface area contributed by atoms with Crippen LogP contribution in [-0.4, -0.2) is 25.6 Å². The fraction of sp³-hybridized carbons (Fsp3) is 0.100. The van der Waals surface area contributed by atoms with Crippen molar-refractivity contribution in [2.24, 2.45) is 0 Å². The Morgan fingerprint density at radius 3 is 2.59 bits per heavy atom. The van der Waals surface area contributed by atoms with Crippen molar-refractivity contribution in [2.45, 2.75) is 5.75 Å². The zero-order chi connectivity index (χ0) is 19.4. The Kier molecular flexibility index (Phi) is 5.91. The number of carbonyl (C=O) groups excluding carboxylic acids is 1. The minimum Gasteiger partial charge on any atom is -0.322 e. The van der Waals surface area contributed by atoms with Gasteiger partial charge in [-0.15, -0.1) is 0 Å². The normalized spacial score (nSPS) is 11.2. The minimum atomic E-state index is -3.16. The molecule has 0 radical (unpaired) electrons. The van der Waals surface area contributed by atoms with Crippen molar-refractivity contribution < 1.29 is 13.2 Å². The van der Waals surface area contributed by atoms with Crippen molar-refractivity contribution in [3.63, 3.8) is 0 Å². The van der Waals surface area contributed by atoms with Crippen LogP contribution in [0.3, 0.4) is 0 Å². The highest BCUT2D eigenvalue weighted by Gasteiger charge is 2.11. The maximum absolute atomic E-state index is 12.6. The number of aromatic nitrogens is 1. The summed E-state index contributed by atoms with van der Waals surface area (Å²) in [5.74, 6) is -0.389. The molecule has 7 heteroatoms. The molecule has 0 aliphatic heterocycles. The predicted octanol–water partition coefficient (Wildman–Crippen LogP) is 4.15. The van der Waals surface area contributed by atoms with E-state index in [1.54, 1.807) is 30.5 Å². The van der Waals surface area contributed by atoms with Crippen LogP contribution >= 0.6 is 22.6 Å². The lowest BCUT2D eigenvalue weighted by Gasteiger charge is -2.10. The molecule has 0 atom stereocenters. The van der Waals surface area contributed by atoms with E-state index in [4.69, 9.17) is 0 Å². The van der Waals surface area contributed by atoms with Gasteiger partial charge in [0.05, 0.1) is 11.4 Å². The molecule has 0 aliphatic carbocycles. The van der Waals surface area contributed by atoms with Crippen LogP contribution in [0.2, 0.25) is 0 Å². The van der Waals surface area contributed by atoms with Crippen molar-refractivity contribution in [1.82, 2.24) is 4.98 Å². The Bertz CT molecular complexity index is 1080. The number of hydrogen-bond donors (Lipinski definition) is 1. The van der Waals surface area contributed by atoms with E-state index in [0.717, 1.165) is 14.8 Å². The van der Waals surface area contributed by atoms with Crippen LogP contribution in [0.25, 0.3) is 11.3 Å². The Morgan fingerprint density at radius 1 is 1.07 bits per heavy atom. The molecule has 0 fully saturated rings. The van der Waals surface area contributed by atoms with Gasteiger partial charge in [-0.1, -0.05) is 18.2 Å². The van der Waals surface area contributed by atoms with Crippen LogP contribution in [-0.2, 0) is 15.6 Å². The van der Waals surface area contributed by atoms with Crippen molar-refractivity contribution in [3.05, 3.63) is 81.6 Å². The zero-order valence-corrected chi connectivity index (χ0v) is 17.5. The van der Waals surface area contributed by atoms with Gasteiger partial charge in [-0.3, -0.25) is 9.78 Å². The molecule has 5 nitrogen and oxygen atoms in total. The zero-order valence-electron chi connectivity index (χ0n) is 14.5. The molecule has 138 valence electrons. The summed E-state index contributed by atoms with van der Waals surface area (Å²) in [6, 6.07) is 17.9. The van der Waals surface area contributed by atoms with Gasteiger partial charge in [-0.25, -0.2) is 8.42 Å². The van der Waals surface area contributed by atoms with E-state index in [2.05, 4.69) is 32.9 Å². The second-order valence-corrected chi connectivity index (χ2v) is 9.44. The lowest BCUT2D eigenvalue weighted by Crippen LogP contribution is -2.13. The van der Waals surface area contributed by atoms with Gasteiger partial charge in [0.2, 0.25) is 0 Å². The average molecular weight is 492 g/mol. The Hall–Kier alpha value is -2.26. The molecule has 1 N–H and O–H groups in total. The van der Waals surface area contributed by atoms with Gasteiger partial charge < -0.3 is 5.32 Å². The number of pyridine rings is 1. The first kappa shape index (κ1) is 19.5. The topological polar surface area (TPSA) is 76.1 Å². The highest BCUT2D eigenvalue weighted by molar-refractivity contribution is 14.1. The van der Waals surface area contributed by atoms with Crippen molar-refractivity contribution in [3.8, 4) is 11.3 Å². The summed E-state index contributed by atoms with van der Waals surface area (Å²) in [5, 5.41) is 2.87. The Balaban J connectivity index is 1.84. The molecule has 0 unspecified atom stereocenters. The van der Waals surface area contributed by atoms with E-state index in [1.807, 2.05) is 36.4 Å². The molecular formula is C20H17IN2O3S. The van der Waals surface area contributed by atoms with E-state index in [0.29, 0.717) is 16.8 Å². The summed E-state index contributed by atoms with van der Waals surface area (Å²) in [5.41, 5.74) is 3.40. The summed E-state index contributed by atoms with van der Waals surface area (Å²) in [6.07, 6.45) is 2.90. The molecule has 0 aliphatic rings. The third kappa shape index (κ3) is 5.36. The van der Waals surface area contributed by atoms with Crippen LogP contribution < -0.4 is 5.32 Å². The maximum Gasteiger partial charge on any atom is 0.255 e. The van der Waals surface area contributed by atoms with Gasteiger partial charge in [-0.05, 0) is 70.6 Å². The van der Waals surface area contributed by atoms with Crippen molar-refractivity contribution in [2.75, 3.05) is 11.6 Å². The fourth-order valence-corrected chi connectivity index (χ4v) is 4.03. The SMILES string of the molecule is CS(=O)(=O)Cc1cccc(C(=O)Nc2ccc(I)c(-c3ccccn3)c2)c1. The van der Waals surface area contributed by atoms with Crippen LogP contribution in [0.5, 0.6) is 0 Å². The largest absolute Gasteiger partial charge is 0.322 e. The first-order valence-electron chi connectivity index (χ1n) is 8.11. The first-order valence-corrected chi connectivity index (χ1v) is 11.2. The smallest absolute Gasteiger partial charge is 0.255 e. The number of halogens is 1. The molecule has 3 aromatic rings. The van der Waals surface area contributed by atoms with E-state index >= 15 is 0 Å². The standard InChI is InChI=1S/C20H17IN2O3S/c1-27(25,26)13-14-5-4-6-15(11-14)20(24)23-16-8-9-18(21)17(12-16)19-7-2-3-10-22-19/h2-12H,13H2,1H3,(H,23,24). The van der Waals surface area contributed by atoms with E-state index in [1.165, 1.54) is 6.26 Å². The van der Waals surface area contributed by atoms with Gasteiger partial charge in [0.15, 0.2) is 9.84 Å². The number of benzene rings is 2.